The van der Waals surface area contributed by atoms with E-state index in [9.17, 15) is 9.59 Å². The Kier molecular flexibility index (Phi) is 5.35. The Hall–Kier alpha value is -1.35. The summed E-state index contributed by atoms with van der Waals surface area (Å²) in [5.41, 5.74) is 2.63. The summed E-state index contributed by atoms with van der Waals surface area (Å²) in [6.45, 7) is 3.88. The lowest BCUT2D eigenvalue weighted by Crippen LogP contribution is -2.02. The first-order valence-electron chi connectivity index (χ1n) is 5.93. The molecule has 0 aliphatic carbocycles. The lowest BCUT2D eigenvalue weighted by Gasteiger charge is -2.07. The zero-order chi connectivity index (χ0) is 13.7. The number of halogens is 1. The van der Waals surface area contributed by atoms with Crippen molar-refractivity contribution in [1.82, 2.24) is 0 Å². The summed E-state index contributed by atoms with van der Waals surface area (Å²) in [6, 6.07) is 3.60. The predicted octanol–water partition coefficient (Wildman–Crippen LogP) is 3.78. The van der Waals surface area contributed by atoms with Crippen LogP contribution in [0.4, 0.5) is 0 Å². The topological polar surface area (TPSA) is 54.4 Å². The average molecular weight is 269 g/mol. The van der Waals surface area contributed by atoms with Gasteiger partial charge in [-0.2, -0.15) is 0 Å². The molecule has 18 heavy (non-hydrogen) atoms. The van der Waals surface area contributed by atoms with Crippen LogP contribution < -0.4 is 0 Å². The van der Waals surface area contributed by atoms with Crippen molar-refractivity contribution in [3.05, 3.63) is 33.8 Å². The summed E-state index contributed by atoms with van der Waals surface area (Å²) in [6.07, 6.45) is 1.54. The van der Waals surface area contributed by atoms with Crippen molar-refractivity contribution in [1.29, 1.82) is 0 Å². The van der Waals surface area contributed by atoms with E-state index in [2.05, 4.69) is 0 Å². The normalized spacial score (nSPS) is 10.4. The van der Waals surface area contributed by atoms with E-state index in [0.717, 1.165) is 11.1 Å². The Balaban J connectivity index is 2.62. The third-order valence-corrected chi connectivity index (χ3v) is 3.24. The predicted molar refractivity (Wildman–Crippen MR) is 71.4 cm³/mol. The van der Waals surface area contributed by atoms with Crippen LogP contribution in [0, 0.1) is 13.8 Å². The number of Topliss-reactive ketones (excluding diaryl/α,β-unsaturated/α-hetero) is 1. The van der Waals surface area contributed by atoms with Gasteiger partial charge >= 0.3 is 5.97 Å². The van der Waals surface area contributed by atoms with Gasteiger partial charge in [-0.15, -0.1) is 0 Å². The number of benzene rings is 1. The van der Waals surface area contributed by atoms with Crippen molar-refractivity contribution < 1.29 is 14.7 Å². The monoisotopic (exact) mass is 268 g/mol. The van der Waals surface area contributed by atoms with Crippen LogP contribution in [-0.2, 0) is 4.79 Å². The minimum absolute atomic E-state index is 0.0199. The van der Waals surface area contributed by atoms with E-state index in [1.807, 2.05) is 13.8 Å². The molecule has 98 valence electrons. The first-order valence-corrected chi connectivity index (χ1v) is 6.31. The molecule has 0 fully saturated rings. The lowest BCUT2D eigenvalue weighted by atomic mass is 10.00. The van der Waals surface area contributed by atoms with Gasteiger partial charge in [-0.05, 0) is 49.9 Å². The zero-order valence-corrected chi connectivity index (χ0v) is 11.4. The first-order chi connectivity index (χ1) is 8.41. The number of carbonyl (C=O) groups excluding carboxylic acids is 1. The largest absolute Gasteiger partial charge is 0.481 e. The van der Waals surface area contributed by atoms with Crippen LogP contribution >= 0.6 is 11.6 Å². The summed E-state index contributed by atoms with van der Waals surface area (Å²) in [4.78, 5) is 22.3. The van der Waals surface area contributed by atoms with Gasteiger partial charge in [-0.1, -0.05) is 11.6 Å². The second-order valence-electron chi connectivity index (χ2n) is 4.44. The van der Waals surface area contributed by atoms with Crippen LogP contribution in [0.25, 0.3) is 0 Å². The second kappa shape index (κ2) is 6.55. The van der Waals surface area contributed by atoms with Gasteiger partial charge in [0.25, 0.3) is 0 Å². The number of carboxylic acid groups (broad SMARTS) is 1. The number of hydrogen-bond acceptors (Lipinski definition) is 2. The average Bonchev–Trinajstić information content (AvgIpc) is 2.28. The molecule has 0 saturated heterocycles. The molecular formula is C14H17ClO3. The van der Waals surface area contributed by atoms with Crippen molar-refractivity contribution in [3.8, 4) is 0 Å². The standard InChI is InChI=1S/C14H17ClO3/c1-9-7-11(12(15)8-10(9)2)13(16)5-3-4-6-14(17)18/h7-8H,3-6H2,1-2H3,(H,17,18). The fourth-order valence-electron chi connectivity index (χ4n) is 1.69. The summed E-state index contributed by atoms with van der Waals surface area (Å²) >= 11 is 6.04. The molecule has 0 atom stereocenters. The van der Waals surface area contributed by atoms with Crippen LogP contribution in [0.5, 0.6) is 0 Å². The number of unbranched alkanes of at least 4 members (excludes halogenated alkanes) is 1. The summed E-state index contributed by atoms with van der Waals surface area (Å²) < 4.78 is 0. The molecule has 0 aliphatic heterocycles. The van der Waals surface area contributed by atoms with Crippen LogP contribution in [0.1, 0.15) is 47.2 Å². The van der Waals surface area contributed by atoms with Gasteiger partial charge in [-0.3, -0.25) is 9.59 Å². The molecule has 4 heteroatoms. The van der Waals surface area contributed by atoms with Gasteiger partial charge in [0.1, 0.15) is 0 Å². The lowest BCUT2D eigenvalue weighted by molar-refractivity contribution is -0.137. The molecule has 3 nitrogen and oxygen atoms in total. The molecule has 0 heterocycles. The van der Waals surface area contributed by atoms with E-state index in [4.69, 9.17) is 16.7 Å². The Morgan fingerprint density at radius 1 is 1.11 bits per heavy atom. The molecule has 0 radical (unpaired) electrons. The van der Waals surface area contributed by atoms with E-state index in [1.54, 1.807) is 12.1 Å². The summed E-state index contributed by atoms with van der Waals surface area (Å²) in [5, 5.41) is 8.97. The van der Waals surface area contributed by atoms with Crippen molar-refractivity contribution in [3.63, 3.8) is 0 Å². The van der Waals surface area contributed by atoms with E-state index in [1.165, 1.54) is 0 Å². The number of aliphatic carboxylic acids is 1. The molecule has 0 bridgehead atoms. The summed E-state index contributed by atoms with van der Waals surface area (Å²) in [5.74, 6) is -0.847. The summed E-state index contributed by atoms with van der Waals surface area (Å²) in [7, 11) is 0. The molecule has 0 saturated carbocycles. The molecule has 1 N–H and O–H groups in total. The van der Waals surface area contributed by atoms with Crippen molar-refractivity contribution in [2.24, 2.45) is 0 Å². The molecule has 1 rings (SSSR count). The smallest absolute Gasteiger partial charge is 0.303 e. The van der Waals surface area contributed by atoms with Gasteiger partial charge in [0.05, 0.1) is 5.02 Å². The van der Waals surface area contributed by atoms with Gasteiger partial charge < -0.3 is 5.11 Å². The highest BCUT2D eigenvalue weighted by molar-refractivity contribution is 6.34. The molecule has 0 aliphatic rings. The zero-order valence-electron chi connectivity index (χ0n) is 10.6. The minimum atomic E-state index is -0.827. The highest BCUT2D eigenvalue weighted by Crippen LogP contribution is 2.22. The fraction of sp³-hybridized carbons (Fsp3) is 0.429. The molecular weight excluding hydrogens is 252 g/mol. The molecule has 1 aromatic carbocycles. The van der Waals surface area contributed by atoms with Gasteiger partial charge in [-0.25, -0.2) is 0 Å². The van der Waals surface area contributed by atoms with E-state index in [0.29, 0.717) is 29.8 Å². The third kappa shape index (κ3) is 4.15. The molecule has 0 amide bonds. The van der Waals surface area contributed by atoms with Crippen molar-refractivity contribution in [2.75, 3.05) is 0 Å². The Bertz CT molecular complexity index is 466. The maximum atomic E-state index is 11.9. The van der Waals surface area contributed by atoms with Gasteiger partial charge in [0.15, 0.2) is 5.78 Å². The van der Waals surface area contributed by atoms with Crippen LogP contribution in [-0.4, -0.2) is 16.9 Å². The van der Waals surface area contributed by atoms with Gasteiger partial charge in [0, 0.05) is 18.4 Å². The van der Waals surface area contributed by atoms with Crippen LogP contribution in [0.15, 0.2) is 12.1 Å². The van der Waals surface area contributed by atoms with Crippen LogP contribution in [0.3, 0.4) is 0 Å². The number of hydrogen-bond donors (Lipinski definition) is 1. The van der Waals surface area contributed by atoms with Crippen molar-refractivity contribution in [2.45, 2.75) is 39.5 Å². The fourth-order valence-corrected chi connectivity index (χ4v) is 2.01. The number of aryl methyl sites for hydroxylation is 2. The van der Waals surface area contributed by atoms with E-state index >= 15 is 0 Å². The molecule has 1 aromatic rings. The Morgan fingerprint density at radius 3 is 2.28 bits per heavy atom. The quantitative estimate of drug-likeness (QED) is 0.631. The molecule has 0 spiro atoms. The van der Waals surface area contributed by atoms with E-state index in [-0.39, 0.29) is 12.2 Å². The first kappa shape index (κ1) is 14.7. The number of rotatable bonds is 6. The number of carbonyl (C=O) groups is 2. The van der Waals surface area contributed by atoms with Crippen molar-refractivity contribution >= 4 is 23.4 Å². The minimum Gasteiger partial charge on any atom is -0.481 e. The Morgan fingerprint density at radius 2 is 1.67 bits per heavy atom. The third-order valence-electron chi connectivity index (χ3n) is 2.93. The number of carboxylic acids is 1. The molecule has 0 unspecified atom stereocenters. The SMILES string of the molecule is Cc1cc(Cl)c(C(=O)CCCCC(=O)O)cc1C. The number of ketones is 1. The maximum absolute atomic E-state index is 11.9. The van der Waals surface area contributed by atoms with Crippen LogP contribution in [0.2, 0.25) is 5.02 Å². The second-order valence-corrected chi connectivity index (χ2v) is 4.85. The Labute approximate surface area is 112 Å². The highest BCUT2D eigenvalue weighted by atomic mass is 35.5. The van der Waals surface area contributed by atoms with E-state index < -0.39 is 5.97 Å². The molecule has 0 aromatic heterocycles. The highest BCUT2D eigenvalue weighted by Gasteiger charge is 2.12. The van der Waals surface area contributed by atoms with Gasteiger partial charge in [0.2, 0.25) is 0 Å². The maximum Gasteiger partial charge on any atom is 0.303 e.